The Bertz CT molecular complexity index is 559. The molecule has 0 aromatic rings. The average Bonchev–Trinajstić information content (AvgIpc) is 3.10. The van der Waals surface area contributed by atoms with E-state index in [1.54, 1.807) is 0 Å². The molecule has 2 unspecified atom stereocenters. The van der Waals surface area contributed by atoms with E-state index in [1.165, 1.54) is 0 Å². The summed E-state index contributed by atoms with van der Waals surface area (Å²) in [5.41, 5.74) is 2.28. The van der Waals surface area contributed by atoms with Crippen LogP contribution in [-0.4, -0.2) is 52.1 Å². The molecule has 25 heavy (non-hydrogen) atoms. The second-order valence-electron chi connectivity index (χ2n) is 7.48. The third kappa shape index (κ3) is 3.05. The van der Waals surface area contributed by atoms with Crippen molar-refractivity contribution in [3.8, 4) is 0 Å². The molecule has 0 amide bonds. The van der Waals surface area contributed by atoms with E-state index in [-0.39, 0.29) is 7.69 Å². The van der Waals surface area contributed by atoms with Gasteiger partial charge in [-0.15, -0.1) is 0 Å². The molecule has 2 aliphatic heterocycles. The summed E-state index contributed by atoms with van der Waals surface area (Å²) in [6.07, 6.45) is 9.18. The van der Waals surface area contributed by atoms with Crippen molar-refractivity contribution in [2.75, 3.05) is 26.2 Å². The Balaban J connectivity index is 2.85. The summed E-state index contributed by atoms with van der Waals surface area (Å²) in [5, 5.41) is 0. The van der Waals surface area contributed by atoms with Crippen molar-refractivity contribution in [1.82, 2.24) is 6.76 Å². The quantitative estimate of drug-likeness (QED) is 0.593. The second kappa shape index (κ2) is 7.60. The summed E-state index contributed by atoms with van der Waals surface area (Å²) < 4.78 is 5.17. The van der Waals surface area contributed by atoms with Gasteiger partial charge in [-0.3, -0.25) is 0 Å². The molecule has 0 aliphatic carbocycles. The minimum atomic E-state index is -3.12. The van der Waals surface area contributed by atoms with Crippen LogP contribution in [0.3, 0.4) is 0 Å². The second-order valence-corrected chi connectivity index (χ2v) is 14.7. The molecule has 0 fully saturated rings. The Hall–Kier alpha value is -0.546. The molecule has 0 radical (unpaired) electrons. The van der Waals surface area contributed by atoms with Crippen molar-refractivity contribution in [3.63, 3.8) is 0 Å². The molecule has 2 rings (SSSR count). The molecular formula is C20H36N4Ti. The summed E-state index contributed by atoms with van der Waals surface area (Å²) in [4.78, 5) is 10.5. The van der Waals surface area contributed by atoms with Gasteiger partial charge in [0.15, 0.2) is 0 Å². The molecule has 0 aromatic carbocycles. The molecule has 0 saturated carbocycles. The van der Waals surface area contributed by atoms with Crippen molar-refractivity contribution in [2.45, 2.75) is 63.1 Å². The zero-order valence-electron chi connectivity index (χ0n) is 17.4. The van der Waals surface area contributed by atoms with Gasteiger partial charge in [-0.05, 0) is 0 Å². The molecule has 0 aromatic heterocycles. The van der Waals surface area contributed by atoms with E-state index in [4.69, 9.17) is 9.98 Å². The van der Waals surface area contributed by atoms with E-state index in [0.29, 0.717) is 0 Å². The first kappa shape index (κ1) is 20.8. The molecule has 5 heteroatoms. The maximum atomic E-state index is 5.24. The van der Waals surface area contributed by atoms with Gasteiger partial charge in [0.2, 0.25) is 0 Å². The van der Waals surface area contributed by atoms with Crippen LogP contribution in [-0.2, 0) is 17.1 Å². The topological polar surface area (TPSA) is 31.2 Å². The van der Waals surface area contributed by atoms with Gasteiger partial charge in [0.25, 0.3) is 0 Å². The Labute approximate surface area is 158 Å². The van der Waals surface area contributed by atoms with E-state index in [9.17, 15) is 0 Å². The molecule has 0 spiro atoms. The number of hydrogen-bond acceptors (Lipinski definition) is 4. The summed E-state index contributed by atoms with van der Waals surface area (Å²) in [6.45, 7) is 22.3. The minimum absolute atomic E-state index is 0.171. The molecule has 4 nitrogen and oxygen atoms in total. The average molecular weight is 380 g/mol. The van der Waals surface area contributed by atoms with Gasteiger partial charge < -0.3 is 0 Å². The fraction of sp³-hybridized carbons (Fsp3) is 0.700. The first-order valence-electron chi connectivity index (χ1n) is 9.76. The van der Waals surface area contributed by atoms with E-state index in [1.807, 2.05) is 0 Å². The molecule has 0 bridgehead atoms. The first-order chi connectivity index (χ1) is 11.7. The zero-order chi connectivity index (χ0) is 18.9. The molecule has 0 N–H and O–H groups in total. The molecule has 0 saturated heterocycles. The normalized spacial score (nSPS) is 29.0. The maximum absolute atomic E-state index is 5.24. The van der Waals surface area contributed by atoms with Crippen LogP contribution in [0.4, 0.5) is 0 Å². The first-order valence-corrected chi connectivity index (χ1v) is 12.7. The SMILES string of the molecule is CC[N](CC)[Ti]([N](CC)CC)([C]1(C)C=CC(C)=N1)[C]1(C)C=CC(C)=N1. The zero-order valence-corrected chi connectivity index (χ0v) is 19.0. The summed E-state index contributed by atoms with van der Waals surface area (Å²) in [6, 6.07) is 0. The van der Waals surface area contributed by atoms with Crippen LogP contribution in [0.15, 0.2) is 34.3 Å². The van der Waals surface area contributed by atoms with Crippen LogP contribution in [0, 0.1) is 0 Å². The van der Waals surface area contributed by atoms with Crippen molar-refractivity contribution >= 4 is 11.4 Å². The standard InChI is InChI=1S/2C6H8N.2C4H10N.Ti/c2*1-5-3-4-6(2)7-5;2*1-3-5-4-2;/h2*3-4H,1-2H3;2*3-4H2,1-2H3;/q;;2*-1;+2. The Morgan fingerprint density at radius 1 is 0.760 bits per heavy atom. The number of aliphatic imine (C=N–C) groups is 2. The molecule has 2 atom stereocenters. The molecule has 2 aliphatic rings. The number of nitrogens with zero attached hydrogens (tertiary/aromatic N) is 4. The number of hydrogen-bond donors (Lipinski definition) is 0. The molecular weight excluding hydrogens is 344 g/mol. The summed E-state index contributed by atoms with van der Waals surface area (Å²) in [5.74, 6) is 0. The van der Waals surface area contributed by atoms with Crippen LogP contribution in [0.2, 0.25) is 0 Å². The van der Waals surface area contributed by atoms with E-state index in [2.05, 4.69) is 86.5 Å². The summed E-state index contributed by atoms with van der Waals surface area (Å²) >= 11 is -3.12. The number of rotatable bonds is 8. The van der Waals surface area contributed by atoms with Crippen molar-refractivity contribution in [3.05, 3.63) is 24.3 Å². The third-order valence-corrected chi connectivity index (χ3v) is 16.1. The van der Waals surface area contributed by atoms with Crippen LogP contribution in [0.1, 0.15) is 55.4 Å². The van der Waals surface area contributed by atoms with Crippen LogP contribution in [0.25, 0.3) is 0 Å². The van der Waals surface area contributed by atoms with Crippen LogP contribution in [0.5, 0.6) is 0 Å². The van der Waals surface area contributed by atoms with Gasteiger partial charge in [0.05, 0.1) is 0 Å². The van der Waals surface area contributed by atoms with E-state index in [0.717, 1.165) is 37.6 Å². The Kier molecular flexibility index (Phi) is 6.31. The van der Waals surface area contributed by atoms with Crippen molar-refractivity contribution in [1.29, 1.82) is 0 Å². The van der Waals surface area contributed by atoms with Gasteiger partial charge in [0, 0.05) is 0 Å². The molecule has 2 heterocycles. The van der Waals surface area contributed by atoms with E-state index >= 15 is 0 Å². The summed E-state index contributed by atoms with van der Waals surface area (Å²) in [7, 11) is 0. The monoisotopic (exact) mass is 380 g/mol. The van der Waals surface area contributed by atoms with Crippen molar-refractivity contribution < 1.29 is 17.1 Å². The van der Waals surface area contributed by atoms with Gasteiger partial charge in [-0.2, -0.15) is 0 Å². The van der Waals surface area contributed by atoms with Crippen LogP contribution >= 0.6 is 0 Å². The van der Waals surface area contributed by atoms with Gasteiger partial charge in [-0.25, -0.2) is 0 Å². The van der Waals surface area contributed by atoms with Crippen LogP contribution < -0.4 is 0 Å². The predicted molar refractivity (Wildman–Crippen MR) is 107 cm³/mol. The fourth-order valence-electron chi connectivity index (χ4n) is 5.19. The van der Waals surface area contributed by atoms with Gasteiger partial charge in [0.1, 0.15) is 0 Å². The molecule has 140 valence electrons. The van der Waals surface area contributed by atoms with E-state index < -0.39 is 17.1 Å². The number of allylic oxidation sites excluding steroid dienone is 2. The van der Waals surface area contributed by atoms with Gasteiger partial charge in [-0.1, -0.05) is 0 Å². The predicted octanol–water partition coefficient (Wildman–Crippen LogP) is 4.15. The third-order valence-electron chi connectivity index (χ3n) is 5.97. The fourth-order valence-corrected chi connectivity index (χ4v) is 16.3. The van der Waals surface area contributed by atoms with Gasteiger partial charge >= 0.3 is 159 Å². The van der Waals surface area contributed by atoms with Crippen molar-refractivity contribution in [2.24, 2.45) is 9.98 Å². The Morgan fingerprint density at radius 3 is 1.28 bits per heavy atom. The Morgan fingerprint density at radius 2 is 1.08 bits per heavy atom.